The zero-order chi connectivity index (χ0) is 39.3. The molecular formula is C43H57N3O9. The highest BCUT2D eigenvalue weighted by atomic mass is 16.5. The minimum Gasteiger partial charge on any atom is -0.493 e. The summed E-state index contributed by atoms with van der Waals surface area (Å²) in [4.78, 5) is 18.5. The first kappa shape index (κ1) is 41.2. The molecule has 0 aliphatic carbocycles. The van der Waals surface area contributed by atoms with Crippen molar-refractivity contribution in [3.8, 4) is 34.5 Å². The van der Waals surface area contributed by atoms with Crippen LogP contribution in [-0.2, 0) is 20.7 Å². The number of rotatable bonds is 19. The van der Waals surface area contributed by atoms with Gasteiger partial charge >= 0.3 is 5.97 Å². The number of esters is 1. The van der Waals surface area contributed by atoms with E-state index in [-0.39, 0.29) is 5.97 Å². The molecule has 3 aromatic rings. The smallest absolute Gasteiger partial charge is 0.329 e. The molecule has 1 N–H and O–H groups in total. The molecule has 0 aromatic heterocycles. The number of nitrogens with one attached hydrogen (secondary N) is 1. The number of aryl methyl sites for hydroxylation is 1. The van der Waals surface area contributed by atoms with E-state index in [0.717, 1.165) is 67.3 Å². The van der Waals surface area contributed by atoms with Crippen molar-refractivity contribution >= 4 is 11.8 Å². The molecule has 3 aromatic carbocycles. The van der Waals surface area contributed by atoms with Crippen molar-refractivity contribution in [2.75, 3.05) is 81.5 Å². The van der Waals surface area contributed by atoms with Gasteiger partial charge in [0.05, 0.1) is 48.8 Å². The van der Waals surface area contributed by atoms with E-state index >= 15 is 0 Å². The van der Waals surface area contributed by atoms with Crippen LogP contribution in [0.3, 0.4) is 0 Å². The fourth-order valence-corrected chi connectivity index (χ4v) is 7.29. The van der Waals surface area contributed by atoms with Gasteiger partial charge in [-0.15, -0.1) is 6.58 Å². The zero-order valence-electron chi connectivity index (χ0n) is 33.2. The van der Waals surface area contributed by atoms with Crippen molar-refractivity contribution < 1.29 is 42.7 Å². The highest BCUT2D eigenvalue weighted by molar-refractivity contribution is 5.91. The van der Waals surface area contributed by atoms with Crippen LogP contribution in [0.15, 0.2) is 66.7 Å². The maximum atomic E-state index is 14.3. The molecule has 3 unspecified atom stereocenters. The highest BCUT2D eigenvalue weighted by Gasteiger charge is 2.38. The number of carbonyl (C=O) groups is 1. The van der Waals surface area contributed by atoms with Gasteiger partial charge in [-0.1, -0.05) is 23.8 Å². The molecular weight excluding hydrogens is 702 g/mol. The Morgan fingerprint density at radius 1 is 0.873 bits per heavy atom. The van der Waals surface area contributed by atoms with Crippen molar-refractivity contribution in [2.24, 2.45) is 0 Å². The van der Waals surface area contributed by atoms with Crippen molar-refractivity contribution in [3.05, 3.63) is 83.4 Å². The van der Waals surface area contributed by atoms with Crippen molar-refractivity contribution in [1.82, 2.24) is 9.80 Å². The minimum atomic E-state index is -0.626. The third kappa shape index (κ3) is 10.6. The quantitative estimate of drug-likeness (QED) is 0.0598. The van der Waals surface area contributed by atoms with Gasteiger partial charge in [0.2, 0.25) is 5.75 Å². The summed E-state index contributed by atoms with van der Waals surface area (Å²) in [5, 5.41) is 9.54. The lowest BCUT2D eigenvalue weighted by Gasteiger charge is -2.32. The van der Waals surface area contributed by atoms with Crippen molar-refractivity contribution in [2.45, 2.75) is 57.1 Å². The third-order valence-electron chi connectivity index (χ3n) is 10.2. The Kier molecular flexibility index (Phi) is 15.1. The first-order valence-electron chi connectivity index (χ1n) is 18.9. The van der Waals surface area contributed by atoms with Crippen LogP contribution in [0.4, 0.5) is 0 Å². The van der Waals surface area contributed by atoms with Gasteiger partial charge in [-0.3, -0.25) is 10.3 Å². The van der Waals surface area contributed by atoms with Crippen LogP contribution in [0, 0.1) is 5.41 Å². The second-order valence-corrected chi connectivity index (χ2v) is 13.9. The summed E-state index contributed by atoms with van der Waals surface area (Å²) in [5.41, 5.74) is 3.58. The van der Waals surface area contributed by atoms with Crippen LogP contribution in [-0.4, -0.2) is 109 Å². The van der Waals surface area contributed by atoms with Crippen LogP contribution >= 0.6 is 0 Å². The van der Waals surface area contributed by atoms with Gasteiger partial charge in [0.25, 0.3) is 0 Å². The summed E-state index contributed by atoms with van der Waals surface area (Å²) in [7, 11) is 7.93. The van der Waals surface area contributed by atoms with Crippen LogP contribution in [0.1, 0.15) is 61.3 Å². The second kappa shape index (κ2) is 20.1. The number of morpholine rings is 1. The van der Waals surface area contributed by atoms with Crippen LogP contribution in [0.5, 0.6) is 34.5 Å². The molecule has 2 saturated heterocycles. The number of nitrogens with zero attached hydrogens (tertiary/aromatic N) is 2. The van der Waals surface area contributed by atoms with Gasteiger partial charge in [-0.05, 0) is 92.1 Å². The molecule has 5 rings (SSSR count). The first-order valence-corrected chi connectivity index (χ1v) is 18.9. The number of allylic oxidation sites excluding steroid dienone is 1. The predicted molar refractivity (Wildman–Crippen MR) is 212 cm³/mol. The Labute approximate surface area is 325 Å². The molecule has 298 valence electrons. The standard InChI is InChI=1S/C43H57N3O9/c1-29(2)24-34(32-27-39(50-5)41(52-7)40(28-32)51-6)42(44)46-17-9-12-35(46)43(47)55-36(15-13-30-14-16-37(48-3)38(25-30)49-4)31-10-8-11-33(26-31)54-23-20-45-18-21-53-22-19-45/h8,10-11,14,16,25-28,34-36,44H,1,9,12-13,15,17-24H2,2-7H3. The maximum absolute atomic E-state index is 14.3. The van der Waals surface area contributed by atoms with Crippen molar-refractivity contribution in [3.63, 3.8) is 0 Å². The summed E-state index contributed by atoms with van der Waals surface area (Å²) in [6.45, 7) is 11.3. The van der Waals surface area contributed by atoms with Gasteiger partial charge in [-0.2, -0.15) is 0 Å². The molecule has 2 aliphatic heterocycles. The molecule has 2 aliphatic rings. The minimum absolute atomic E-state index is 0.314. The largest absolute Gasteiger partial charge is 0.493 e. The number of amidine groups is 1. The van der Waals surface area contributed by atoms with Gasteiger partial charge in [0.15, 0.2) is 23.0 Å². The zero-order valence-corrected chi connectivity index (χ0v) is 33.2. The maximum Gasteiger partial charge on any atom is 0.329 e. The second-order valence-electron chi connectivity index (χ2n) is 13.9. The molecule has 55 heavy (non-hydrogen) atoms. The lowest BCUT2D eigenvalue weighted by molar-refractivity contribution is -0.154. The Morgan fingerprint density at radius 3 is 2.24 bits per heavy atom. The average molecular weight is 760 g/mol. The number of likely N-dealkylation sites (tertiary alicyclic amines) is 1. The van der Waals surface area contributed by atoms with E-state index in [0.29, 0.717) is 73.4 Å². The number of benzene rings is 3. The summed E-state index contributed by atoms with van der Waals surface area (Å²) < 4.78 is 46.0. The number of hydrogen-bond donors (Lipinski definition) is 1. The molecule has 12 heteroatoms. The molecule has 12 nitrogen and oxygen atoms in total. The molecule has 0 saturated carbocycles. The van der Waals surface area contributed by atoms with Gasteiger partial charge in [0, 0.05) is 32.1 Å². The van der Waals surface area contributed by atoms with Gasteiger partial charge in [-0.25, -0.2) is 4.79 Å². The van der Waals surface area contributed by atoms with Crippen LogP contribution < -0.4 is 28.4 Å². The molecule has 0 bridgehead atoms. The molecule has 0 radical (unpaired) electrons. The summed E-state index contributed by atoms with van der Waals surface area (Å²) in [6, 6.07) is 16.8. The van der Waals surface area contributed by atoms with Gasteiger partial charge in [0.1, 0.15) is 30.3 Å². The first-order chi connectivity index (χ1) is 26.7. The number of hydrogen-bond acceptors (Lipinski definition) is 11. The van der Waals surface area contributed by atoms with E-state index in [1.165, 1.54) is 0 Å². The number of carbonyl (C=O) groups excluding carboxylic acids is 1. The Balaban J connectivity index is 1.38. The topological polar surface area (TPSA) is 121 Å². The summed E-state index contributed by atoms with van der Waals surface area (Å²) >= 11 is 0. The number of ether oxygens (including phenoxy) is 8. The van der Waals surface area contributed by atoms with Crippen LogP contribution in [0.25, 0.3) is 0 Å². The molecule has 3 atom stereocenters. The average Bonchev–Trinajstić information content (AvgIpc) is 3.71. The van der Waals surface area contributed by atoms with E-state index in [4.69, 9.17) is 37.9 Å². The molecule has 0 spiro atoms. The SMILES string of the molecule is C=C(C)CC(C(=N)N1CCCC1C(=O)OC(CCc1ccc(OC)c(OC)c1)c1cccc(OCCN2CCOCC2)c1)c1cc(OC)c(OC)c(OC)c1. The summed E-state index contributed by atoms with van der Waals surface area (Å²) in [6.07, 6.45) is 2.39. The normalized spacial score (nSPS) is 16.8. The molecule has 2 heterocycles. The lowest BCUT2D eigenvalue weighted by Crippen LogP contribution is -2.43. The fourth-order valence-electron chi connectivity index (χ4n) is 7.29. The molecule has 0 amide bonds. The predicted octanol–water partition coefficient (Wildman–Crippen LogP) is 6.85. The Bertz CT molecular complexity index is 1730. The third-order valence-corrected chi connectivity index (χ3v) is 10.2. The van der Waals surface area contributed by atoms with Crippen LogP contribution in [0.2, 0.25) is 0 Å². The van der Waals surface area contributed by atoms with E-state index < -0.39 is 18.1 Å². The molecule has 2 fully saturated rings. The lowest BCUT2D eigenvalue weighted by atomic mass is 9.90. The van der Waals surface area contributed by atoms with E-state index in [9.17, 15) is 10.2 Å². The Morgan fingerprint density at radius 2 is 1.58 bits per heavy atom. The van der Waals surface area contributed by atoms with E-state index in [1.54, 1.807) is 35.5 Å². The summed E-state index contributed by atoms with van der Waals surface area (Å²) in [5.74, 6) is 3.02. The number of methoxy groups -OCH3 is 5. The van der Waals surface area contributed by atoms with Crippen molar-refractivity contribution in [1.29, 1.82) is 5.41 Å². The van der Waals surface area contributed by atoms with E-state index in [1.807, 2.05) is 66.4 Å². The Hall–Kier alpha value is -4.94. The van der Waals surface area contributed by atoms with E-state index in [2.05, 4.69) is 11.5 Å². The highest BCUT2D eigenvalue weighted by Crippen LogP contribution is 2.42. The fraction of sp³-hybridized carbons (Fsp3) is 0.488. The van der Waals surface area contributed by atoms with Gasteiger partial charge < -0.3 is 42.8 Å². The monoisotopic (exact) mass is 759 g/mol.